The Hall–Kier alpha value is -2.92. The van der Waals surface area contributed by atoms with E-state index in [1.165, 1.54) is 18.3 Å². The first kappa shape index (κ1) is 17.9. The Kier molecular flexibility index (Phi) is 5.81. The van der Waals surface area contributed by atoms with Crippen molar-refractivity contribution >= 4 is 28.9 Å². The van der Waals surface area contributed by atoms with Crippen molar-refractivity contribution in [2.45, 2.75) is 6.42 Å². The minimum absolute atomic E-state index is 0.0257. The fourth-order valence-electron chi connectivity index (χ4n) is 2.44. The Morgan fingerprint density at radius 2 is 1.85 bits per heavy atom. The van der Waals surface area contributed by atoms with Crippen molar-refractivity contribution in [2.75, 3.05) is 11.9 Å². The summed E-state index contributed by atoms with van der Waals surface area (Å²) in [5.74, 6) is -0.684. The fraction of sp³-hybridized carbons (Fsp3) is 0.100. The van der Waals surface area contributed by atoms with Gasteiger partial charge in [0, 0.05) is 18.4 Å². The normalized spacial score (nSPS) is 10.4. The number of pyridine rings is 1. The number of hydrogen-bond donors (Lipinski definition) is 2. The van der Waals surface area contributed by atoms with E-state index >= 15 is 0 Å². The minimum atomic E-state index is -0.484. The van der Waals surface area contributed by atoms with Crippen LogP contribution in [0.25, 0.3) is 0 Å². The summed E-state index contributed by atoms with van der Waals surface area (Å²) in [5, 5.41) is 5.96. The lowest BCUT2D eigenvalue weighted by Crippen LogP contribution is -2.25. The number of nitrogens with one attached hydrogen (secondary N) is 2. The Morgan fingerprint density at radius 3 is 2.62 bits per heavy atom. The molecule has 0 aliphatic rings. The molecule has 4 nitrogen and oxygen atoms in total. The summed E-state index contributed by atoms with van der Waals surface area (Å²) in [5.41, 5.74) is 2.83. The molecule has 0 bridgehead atoms. The summed E-state index contributed by atoms with van der Waals surface area (Å²) in [6, 6.07) is 15.9. The predicted octanol–water partition coefficient (Wildman–Crippen LogP) is 4.59. The van der Waals surface area contributed by atoms with Gasteiger partial charge >= 0.3 is 0 Å². The van der Waals surface area contributed by atoms with Crippen LogP contribution >= 0.6 is 11.6 Å². The SMILES string of the molecule is O=C(NCCc1ccccc1)c1cncc(Nc2ccc(F)c(Cl)c2)c1. The molecule has 2 N–H and O–H groups in total. The monoisotopic (exact) mass is 369 g/mol. The molecule has 0 radical (unpaired) electrons. The standard InChI is InChI=1S/C20H17ClFN3O/c21-18-11-16(6-7-19(18)22)25-17-10-15(12-23-13-17)20(26)24-9-8-14-4-2-1-3-5-14/h1-7,10-13,25H,8-9H2,(H,24,26). The lowest BCUT2D eigenvalue weighted by Gasteiger charge is -2.09. The number of benzene rings is 2. The number of nitrogens with zero attached hydrogens (tertiary/aromatic N) is 1. The molecule has 0 saturated heterocycles. The Bertz CT molecular complexity index is 903. The van der Waals surface area contributed by atoms with Crippen LogP contribution in [0.15, 0.2) is 67.0 Å². The summed E-state index contributed by atoms with van der Waals surface area (Å²) in [6.07, 6.45) is 3.84. The van der Waals surface area contributed by atoms with Crippen LogP contribution < -0.4 is 10.6 Å². The Labute approximate surface area is 156 Å². The molecule has 3 rings (SSSR count). The van der Waals surface area contributed by atoms with Crippen molar-refractivity contribution in [1.82, 2.24) is 10.3 Å². The molecule has 1 amide bonds. The molecule has 0 fully saturated rings. The number of rotatable bonds is 6. The van der Waals surface area contributed by atoms with Gasteiger partial charge in [0.1, 0.15) is 5.82 Å². The first-order chi connectivity index (χ1) is 12.6. The van der Waals surface area contributed by atoms with Crippen LogP contribution in [0.2, 0.25) is 5.02 Å². The van der Waals surface area contributed by atoms with Crippen molar-refractivity contribution < 1.29 is 9.18 Å². The molecule has 1 heterocycles. The van der Waals surface area contributed by atoms with Crippen molar-refractivity contribution in [3.05, 3.63) is 89.0 Å². The molecule has 1 aromatic heterocycles. The maximum Gasteiger partial charge on any atom is 0.252 e. The molecule has 132 valence electrons. The van der Waals surface area contributed by atoms with E-state index in [4.69, 9.17) is 11.6 Å². The molecule has 0 unspecified atom stereocenters. The highest BCUT2D eigenvalue weighted by Gasteiger charge is 2.08. The molecule has 0 spiro atoms. The van der Waals surface area contributed by atoms with Gasteiger partial charge in [0.2, 0.25) is 0 Å². The average Bonchev–Trinajstić information content (AvgIpc) is 2.66. The van der Waals surface area contributed by atoms with E-state index in [2.05, 4.69) is 15.6 Å². The van der Waals surface area contributed by atoms with Crippen molar-refractivity contribution in [3.63, 3.8) is 0 Å². The van der Waals surface area contributed by atoms with Gasteiger partial charge in [-0.25, -0.2) is 4.39 Å². The van der Waals surface area contributed by atoms with Gasteiger partial charge in [-0.3, -0.25) is 9.78 Å². The molecule has 3 aromatic rings. The van der Waals surface area contributed by atoms with Crippen molar-refractivity contribution in [2.24, 2.45) is 0 Å². The van der Waals surface area contributed by atoms with E-state index < -0.39 is 5.82 Å². The van der Waals surface area contributed by atoms with Crippen LogP contribution in [-0.2, 0) is 6.42 Å². The van der Waals surface area contributed by atoms with Gasteiger partial charge < -0.3 is 10.6 Å². The summed E-state index contributed by atoms with van der Waals surface area (Å²) in [6.45, 7) is 0.536. The molecular weight excluding hydrogens is 353 g/mol. The van der Waals surface area contributed by atoms with Crippen LogP contribution in [0.3, 0.4) is 0 Å². The van der Waals surface area contributed by atoms with Crippen molar-refractivity contribution in [3.8, 4) is 0 Å². The molecule has 26 heavy (non-hydrogen) atoms. The third kappa shape index (κ3) is 4.80. The topological polar surface area (TPSA) is 54.0 Å². The Morgan fingerprint density at radius 1 is 1.04 bits per heavy atom. The summed E-state index contributed by atoms with van der Waals surface area (Å²) in [4.78, 5) is 16.4. The second-order valence-corrected chi connectivity index (χ2v) is 6.11. The van der Waals surface area contributed by atoms with E-state index in [0.717, 1.165) is 12.0 Å². The van der Waals surface area contributed by atoms with Gasteiger partial charge in [0.15, 0.2) is 0 Å². The highest BCUT2D eigenvalue weighted by Crippen LogP contribution is 2.22. The fourth-order valence-corrected chi connectivity index (χ4v) is 2.62. The van der Waals surface area contributed by atoms with Crippen LogP contribution in [0, 0.1) is 5.82 Å². The van der Waals surface area contributed by atoms with Crippen LogP contribution in [0.1, 0.15) is 15.9 Å². The first-order valence-corrected chi connectivity index (χ1v) is 8.49. The zero-order chi connectivity index (χ0) is 18.4. The second-order valence-electron chi connectivity index (χ2n) is 5.71. The van der Waals surface area contributed by atoms with E-state index in [0.29, 0.717) is 23.5 Å². The number of hydrogen-bond acceptors (Lipinski definition) is 3. The van der Waals surface area contributed by atoms with E-state index in [1.54, 1.807) is 18.3 Å². The van der Waals surface area contributed by atoms with E-state index in [1.807, 2.05) is 30.3 Å². The average molecular weight is 370 g/mol. The number of carbonyl (C=O) groups excluding carboxylic acids is 1. The summed E-state index contributed by atoms with van der Waals surface area (Å²) >= 11 is 5.77. The number of carbonyl (C=O) groups is 1. The van der Waals surface area contributed by atoms with E-state index in [-0.39, 0.29) is 10.9 Å². The zero-order valence-corrected chi connectivity index (χ0v) is 14.6. The van der Waals surface area contributed by atoms with E-state index in [9.17, 15) is 9.18 Å². The molecule has 6 heteroatoms. The van der Waals surface area contributed by atoms with Gasteiger partial charge in [-0.15, -0.1) is 0 Å². The molecule has 0 aliphatic heterocycles. The third-order valence-corrected chi connectivity index (χ3v) is 4.04. The molecular formula is C20H17ClFN3O. The number of aromatic nitrogens is 1. The van der Waals surface area contributed by atoms with Crippen LogP contribution in [0.4, 0.5) is 15.8 Å². The number of halogens is 2. The maximum atomic E-state index is 13.2. The van der Waals surface area contributed by atoms with Gasteiger partial charge in [-0.2, -0.15) is 0 Å². The van der Waals surface area contributed by atoms with Gasteiger partial charge in [-0.05, 0) is 36.2 Å². The maximum absolute atomic E-state index is 13.2. The van der Waals surface area contributed by atoms with Gasteiger partial charge in [-0.1, -0.05) is 41.9 Å². The smallest absolute Gasteiger partial charge is 0.252 e. The largest absolute Gasteiger partial charge is 0.354 e. The third-order valence-electron chi connectivity index (χ3n) is 3.75. The minimum Gasteiger partial charge on any atom is -0.354 e. The zero-order valence-electron chi connectivity index (χ0n) is 13.9. The Balaban J connectivity index is 1.60. The van der Waals surface area contributed by atoms with Gasteiger partial charge in [0.25, 0.3) is 5.91 Å². The summed E-state index contributed by atoms with van der Waals surface area (Å²) < 4.78 is 13.2. The van der Waals surface area contributed by atoms with Crippen LogP contribution in [-0.4, -0.2) is 17.4 Å². The van der Waals surface area contributed by atoms with Gasteiger partial charge in [0.05, 0.1) is 22.5 Å². The molecule has 0 aliphatic carbocycles. The number of amides is 1. The first-order valence-electron chi connectivity index (χ1n) is 8.11. The molecule has 2 aromatic carbocycles. The predicted molar refractivity (Wildman–Crippen MR) is 101 cm³/mol. The lowest BCUT2D eigenvalue weighted by atomic mass is 10.1. The number of anilines is 2. The highest BCUT2D eigenvalue weighted by molar-refractivity contribution is 6.31. The van der Waals surface area contributed by atoms with Crippen molar-refractivity contribution in [1.29, 1.82) is 0 Å². The lowest BCUT2D eigenvalue weighted by molar-refractivity contribution is 0.0954. The summed E-state index contributed by atoms with van der Waals surface area (Å²) in [7, 11) is 0. The molecule has 0 saturated carbocycles. The highest BCUT2D eigenvalue weighted by atomic mass is 35.5. The second kappa shape index (κ2) is 8.45. The van der Waals surface area contributed by atoms with Crippen LogP contribution in [0.5, 0.6) is 0 Å². The quantitative estimate of drug-likeness (QED) is 0.668. The molecule has 0 atom stereocenters.